The molecule has 0 bridgehead atoms. The van der Waals surface area contributed by atoms with Gasteiger partial charge in [0.1, 0.15) is 0 Å². The fourth-order valence-electron chi connectivity index (χ4n) is 2.42. The summed E-state index contributed by atoms with van der Waals surface area (Å²) in [5, 5.41) is 0. The number of rotatable bonds is 7. The third-order valence-electron chi connectivity index (χ3n) is 3.70. The van der Waals surface area contributed by atoms with Gasteiger partial charge in [-0.25, -0.2) is 0 Å². The number of amides is 1. The Hall–Kier alpha value is -0.650. The molecule has 1 rings (SSSR count). The number of nitrogens with zero attached hydrogens (tertiary/aromatic N) is 2. The van der Waals surface area contributed by atoms with Crippen LogP contribution in [-0.4, -0.2) is 68.2 Å². The van der Waals surface area contributed by atoms with Crippen molar-refractivity contribution in [2.45, 2.75) is 38.6 Å². The van der Waals surface area contributed by atoms with E-state index in [4.69, 9.17) is 10.5 Å². The lowest BCUT2D eigenvalue weighted by atomic mass is 10.1. The molecule has 5 heteroatoms. The van der Waals surface area contributed by atoms with Crippen molar-refractivity contribution >= 4 is 5.91 Å². The van der Waals surface area contributed by atoms with Gasteiger partial charge in [-0.05, 0) is 19.4 Å². The topological polar surface area (TPSA) is 58.8 Å². The van der Waals surface area contributed by atoms with E-state index in [-0.39, 0.29) is 11.9 Å². The van der Waals surface area contributed by atoms with Crippen LogP contribution < -0.4 is 5.73 Å². The van der Waals surface area contributed by atoms with Crippen molar-refractivity contribution in [3.05, 3.63) is 0 Å². The first kappa shape index (κ1) is 16.4. The van der Waals surface area contributed by atoms with Crippen LogP contribution in [0.3, 0.4) is 0 Å². The fraction of sp³-hybridized carbons (Fsp3) is 0.929. The standard InChI is InChI=1S/C14H29N3O2/c1-3-4-6-13(15)14(18)17-8-5-7-16(9-10-17)11-12-19-2/h13H,3-12,15H2,1-2H3. The smallest absolute Gasteiger partial charge is 0.239 e. The number of carbonyl (C=O) groups is 1. The summed E-state index contributed by atoms with van der Waals surface area (Å²) >= 11 is 0. The molecular weight excluding hydrogens is 242 g/mol. The lowest BCUT2D eigenvalue weighted by Crippen LogP contribution is -2.45. The number of nitrogens with two attached hydrogens (primary N) is 1. The van der Waals surface area contributed by atoms with Crippen molar-refractivity contribution in [1.29, 1.82) is 0 Å². The quantitative estimate of drug-likeness (QED) is 0.740. The van der Waals surface area contributed by atoms with E-state index in [9.17, 15) is 4.79 Å². The Bertz CT molecular complexity index is 261. The SMILES string of the molecule is CCCCC(N)C(=O)N1CCCN(CCOC)CC1. The van der Waals surface area contributed by atoms with Crippen LogP contribution in [-0.2, 0) is 9.53 Å². The summed E-state index contributed by atoms with van der Waals surface area (Å²) in [7, 11) is 1.72. The summed E-state index contributed by atoms with van der Waals surface area (Å²) in [5.41, 5.74) is 5.98. The molecule has 1 fully saturated rings. The van der Waals surface area contributed by atoms with Crippen LogP contribution in [0, 0.1) is 0 Å². The Labute approximate surface area is 117 Å². The number of unbranched alkanes of at least 4 members (excludes halogenated alkanes) is 1. The average molecular weight is 271 g/mol. The maximum atomic E-state index is 12.2. The molecule has 0 aromatic carbocycles. The van der Waals surface area contributed by atoms with Crippen molar-refractivity contribution in [3.8, 4) is 0 Å². The zero-order valence-corrected chi connectivity index (χ0v) is 12.4. The van der Waals surface area contributed by atoms with E-state index < -0.39 is 0 Å². The molecule has 0 saturated carbocycles. The monoisotopic (exact) mass is 271 g/mol. The molecule has 0 aromatic heterocycles. The first-order valence-corrected chi connectivity index (χ1v) is 7.44. The van der Waals surface area contributed by atoms with Crippen LogP contribution in [0.1, 0.15) is 32.6 Å². The fourth-order valence-corrected chi connectivity index (χ4v) is 2.42. The molecule has 0 aliphatic carbocycles. The van der Waals surface area contributed by atoms with E-state index >= 15 is 0 Å². The second-order valence-electron chi connectivity index (χ2n) is 5.26. The number of hydrogen-bond donors (Lipinski definition) is 1. The van der Waals surface area contributed by atoms with Gasteiger partial charge in [-0.1, -0.05) is 19.8 Å². The van der Waals surface area contributed by atoms with Crippen LogP contribution in [0.2, 0.25) is 0 Å². The summed E-state index contributed by atoms with van der Waals surface area (Å²) < 4.78 is 5.10. The molecule has 112 valence electrons. The van der Waals surface area contributed by atoms with Gasteiger partial charge in [0.2, 0.25) is 5.91 Å². The second-order valence-corrected chi connectivity index (χ2v) is 5.26. The molecule has 19 heavy (non-hydrogen) atoms. The van der Waals surface area contributed by atoms with E-state index in [0.29, 0.717) is 0 Å². The number of carbonyl (C=O) groups excluding carboxylic acids is 1. The van der Waals surface area contributed by atoms with Gasteiger partial charge in [0, 0.05) is 33.3 Å². The number of hydrogen-bond acceptors (Lipinski definition) is 4. The highest BCUT2D eigenvalue weighted by Gasteiger charge is 2.23. The van der Waals surface area contributed by atoms with E-state index in [1.54, 1.807) is 7.11 Å². The highest BCUT2D eigenvalue weighted by Crippen LogP contribution is 2.07. The Balaban J connectivity index is 2.36. The molecular formula is C14H29N3O2. The predicted octanol–water partition coefficient (Wildman–Crippen LogP) is 0.685. The molecule has 0 aromatic rings. The molecule has 1 unspecified atom stereocenters. The van der Waals surface area contributed by atoms with Crippen LogP contribution in [0.25, 0.3) is 0 Å². The number of methoxy groups -OCH3 is 1. The van der Waals surface area contributed by atoms with Gasteiger partial charge in [0.25, 0.3) is 0 Å². The Morgan fingerprint density at radius 2 is 2.11 bits per heavy atom. The summed E-state index contributed by atoms with van der Waals surface area (Å²) in [4.78, 5) is 16.5. The van der Waals surface area contributed by atoms with Gasteiger partial charge in [-0.3, -0.25) is 9.69 Å². The lowest BCUT2D eigenvalue weighted by Gasteiger charge is -2.24. The van der Waals surface area contributed by atoms with Gasteiger partial charge in [-0.15, -0.1) is 0 Å². The van der Waals surface area contributed by atoms with Crippen LogP contribution in [0.5, 0.6) is 0 Å². The molecule has 0 spiro atoms. The van der Waals surface area contributed by atoms with Crippen molar-refractivity contribution in [2.24, 2.45) is 5.73 Å². The summed E-state index contributed by atoms with van der Waals surface area (Å²) in [5.74, 6) is 0.127. The van der Waals surface area contributed by atoms with Gasteiger partial charge >= 0.3 is 0 Å². The highest BCUT2D eigenvalue weighted by molar-refractivity contribution is 5.81. The third-order valence-corrected chi connectivity index (χ3v) is 3.70. The third kappa shape index (κ3) is 5.89. The molecule has 1 atom stereocenters. The molecule has 1 aliphatic rings. The number of ether oxygens (including phenoxy) is 1. The minimum atomic E-state index is -0.314. The maximum Gasteiger partial charge on any atom is 0.239 e. The molecule has 1 heterocycles. The summed E-state index contributed by atoms with van der Waals surface area (Å²) in [6, 6.07) is -0.314. The Kier molecular flexibility index (Phi) is 8.02. The first-order chi connectivity index (χ1) is 9.19. The van der Waals surface area contributed by atoms with Gasteiger partial charge in [0.15, 0.2) is 0 Å². The van der Waals surface area contributed by atoms with Crippen molar-refractivity contribution in [3.63, 3.8) is 0 Å². The maximum absolute atomic E-state index is 12.2. The Morgan fingerprint density at radius 1 is 1.32 bits per heavy atom. The van der Waals surface area contributed by atoms with Gasteiger partial charge in [-0.2, -0.15) is 0 Å². The second kappa shape index (κ2) is 9.28. The van der Waals surface area contributed by atoms with Crippen LogP contribution in [0.4, 0.5) is 0 Å². The molecule has 1 aliphatic heterocycles. The van der Waals surface area contributed by atoms with E-state index in [1.165, 1.54) is 0 Å². The minimum absolute atomic E-state index is 0.127. The molecule has 1 amide bonds. The lowest BCUT2D eigenvalue weighted by molar-refractivity contribution is -0.132. The van der Waals surface area contributed by atoms with Crippen molar-refractivity contribution < 1.29 is 9.53 Å². The van der Waals surface area contributed by atoms with Crippen LogP contribution >= 0.6 is 0 Å². The van der Waals surface area contributed by atoms with Gasteiger partial charge in [0.05, 0.1) is 12.6 Å². The van der Waals surface area contributed by atoms with E-state index in [0.717, 1.165) is 65.0 Å². The minimum Gasteiger partial charge on any atom is -0.383 e. The first-order valence-electron chi connectivity index (χ1n) is 7.44. The molecule has 2 N–H and O–H groups in total. The Morgan fingerprint density at radius 3 is 2.79 bits per heavy atom. The van der Waals surface area contributed by atoms with E-state index in [2.05, 4.69) is 11.8 Å². The molecule has 0 radical (unpaired) electrons. The molecule has 5 nitrogen and oxygen atoms in total. The summed E-state index contributed by atoms with van der Waals surface area (Å²) in [6.45, 7) is 7.42. The molecule has 1 saturated heterocycles. The normalized spacial score (nSPS) is 19.2. The highest BCUT2D eigenvalue weighted by atomic mass is 16.5. The van der Waals surface area contributed by atoms with E-state index in [1.807, 2.05) is 4.90 Å². The van der Waals surface area contributed by atoms with Crippen molar-refractivity contribution in [1.82, 2.24) is 9.80 Å². The predicted molar refractivity (Wildman–Crippen MR) is 77.0 cm³/mol. The zero-order valence-electron chi connectivity index (χ0n) is 12.4. The van der Waals surface area contributed by atoms with Crippen LogP contribution in [0.15, 0.2) is 0 Å². The summed E-state index contributed by atoms with van der Waals surface area (Å²) in [6.07, 6.45) is 3.95. The van der Waals surface area contributed by atoms with Gasteiger partial charge < -0.3 is 15.4 Å². The zero-order chi connectivity index (χ0) is 14.1. The average Bonchev–Trinajstić information content (AvgIpc) is 2.67. The van der Waals surface area contributed by atoms with Crippen molar-refractivity contribution in [2.75, 3.05) is 46.4 Å². The largest absolute Gasteiger partial charge is 0.383 e.